The molecular weight excluding hydrogens is 310 g/mol. The highest BCUT2D eigenvalue weighted by molar-refractivity contribution is 8.00. The molecule has 0 aromatic heterocycles. The lowest BCUT2D eigenvalue weighted by atomic mass is 9.98. The molecule has 1 atom stereocenters. The Hall–Kier alpha value is -1.36. The fourth-order valence-electron chi connectivity index (χ4n) is 3.76. The second-order valence-electron chi connectivity index (χ2n) is 6.66. The van der Waals surface area contributed by atoms with E-state index in [0.717, 1.165) is 31.0 Å². The van der Waals surface area contributed by atoms with Gasteiger partial charge in [0, 0.05) is 24.3 Å². The van der Waals surface area contributed by atoms with E-state index in [4.69, 9.17) is 9.47 Å². The van der Waals surface area contributed by atoms with Gasteiger partial charge in [-0.25, -0.2) is 0 Å². The molecule has 124 valence electrons. The van der Waals surface area contributed by atoms with E-state index in [2.05, 4.69) is 12.1 Å². The van der Waals surface area contributed by atoms with E-state index in [9.17, 15) is 4.79 Å². The van der Waals surface area contributed by atoms with Crippen LogP contribution < -0.4 is 9.47 Å². The maximum Gasteiger partial charge on any atom is 0.232 e. The number of benzene rings is 1. The number of carbonyl (C=O) groups is 1. The zero-order chi connectivity index (χ0) is 15.6. The molecule has 2 fully saturated rings. The summed E-state index contributed by atoms with van der Waals surface area (Å²) >= 11 is 1.86. The summed E-state index contributed by atoms with van der Waals surface area (Å²) in [5, 5.41) is 0.714. The lowest BCUT2D eigenvalue weighted by Crippen LogP contribution is -2.30. The molecule has 1 saturated carbocycles. The van der Waals surface area contributed by atoms with E-state index in [0.29, 0.717) is 29.6 Å². The number of thioether (sulfide) groups is 1. The third-order valence-corrected chi connectivity index (χ3v) is 6.51. The predicted octanol–water partition coefficient (Wildman–Crippen LogP) is 3.41. The normalized spacial score (nSPS) is 23.7. The molecule has 5 heteroatoms. The first-order chi connectivity index (χ1) is 11.3. The molecule has 1 aromatic carbocycles. The lowest BCUT2D eigenvalue weighted by molar-refractivity contribution is -0.127. The molecule has 2 heterocycles. The SMILES string of the molecule is O=C(CSC1CCCC1)N1CCC(c2ccc3c(c2)OCO3)C1. The third-order valence-electron chi connectivity index (χ3n) is 5.15. The van der Waals surface area contributed by atoms with E-state index in [1.54, 1.807) is 0 Å². The first kappa shape index (κ1) is 15.2. The van der Waals surface area contributed by atoms with Gasteiger partial charge < -0.3 is 14.4 Å². The van der Waals surface area contributed by atoms with E-state index < -0.39 is 0 Å². The Kier molecular flexibility index (Phi) is 4.38. The monoisotopic (exact) mass is 333 g/mol. The summed E-state index contributed by atoms with van der Waals surface area (Å²) in [6, 6.07) is 6.17. The number of nitrogens with zero attached hydrogens (tertiary/aromatic N) is 1. The molecule has 0 radical (unpaired) electrons. The topological polar surface area (TPSA) is 38.8 Å². The van der Waals surface area contributed by atoms with Crippen molar-refractivity contribution in [2.24, 2.45) is 0 Å². The number of carbonyl (C=O) groups excluding carboxylic acids is 1. The Labute approximate surface area is 141 Å². The standard InChI is InChI=1S/C18H23NO3S/c20-18(11-23-15-3-1-2-4-15)19-8-7-14(10-19)13-5-6-16-17(9-13)22-12-21-16/h5-6,9,14-15H,1-4,7-8,10-12H2. The average Bonchev–Trinajstić information content (AvgIpc) is 3.32. The highest BCUT2D eigenvalue weighted by atomic mass is 32.2. The Morgan fingerprint density at radius 2 is 2.00 bits per heavy atom. The fraction of sp³-hybridized carbons (Fsp3) is 0.611. The van der Waals surface area contributed by atoms with Crippen molar-refractivity contribution in [1.29, 1.82) is 0 Å². The van der Waals surface area contributed by atoms with E-state index in [-0.39, 0.29) is 0 Å². The van der Waals surface area contributed by atoms with Crippen LogP contribution in [-0.2, 0) is 4.79 Å². The van der Waals surface area contributed by atoms with Crippen LogP contribution >= 0.6 is 11.8 Å². The van der Waals surface area contributed by atoms with Gasteiger partial charge >= 0.3 is 0 Å². The summed E-state index contributed by atoms with van der Waals surface area (Å²) in [5.74, 6) is 3.05. The van der Waals surface area contributed by atoms with Crippen LogP contribution in [0.2, 0.25) is 0 Å². The number of hydrogen-bond acceptors (Lipinski definition) is 4. The van der Waals surface area contributed by atoms with E-state index in [1.165, 1.54) is 31.2 Å². The Bertz CT molecular complexity index is 586. The van der Waals surface area contributed by atoms with Crippen molar-refractivity contribution in [2.45, 2.75) is 43.3 Å². The minimum absolute atomic E-state index is 0.310. The number of amides is 1. The van der Waals surface area contributed by atoms with Crippen LogP contribution in [0.15, 0.2) is 18.2 Å². The third kappa shape index (κ3) is 3.30. The average molecular weight is 333 g/mol. The number of rotatable bonds is 4. The minimum Gasteiger partial charge on any atom is -0.454 e. The summed E-state index contributed by atoms with van der Waals surface area (Å²) in [7, 11) is 0. The largest absolute Gasteiger partial charge is 0.454 e. The van der Waals surface area contributed by atoms with Gasteiger partial charge in [-0.2, -0.15) is 0 Å². The van der Waals surface area contributed by atoms with Crippen molar-refractivity contribution >= 4 is 17.7 Å². The number of hydrogen-bond donors (Lipinski definition) is 0. The van der Waals surface area contributed by atoms with Crippen molar-refractivity contribution in [3.05, 3.63) is 23.8 Å². The van der Waals surface area contributed by atoms with E-state index >= 15 is 0 Å². The molecule has 1 amide bonds. The number of fused-ring (bicyclic) bond motifs is 1. The first-order valence-corrected chi connectivity index (χ1v) is 9.63. The van der Waals surface area contributed by atoms with Gasteiger partial charge in [-0.15, -0.1) is 11.8 Å². The van der Waals surface area contributed by atoms with Crippen LogP contribution in [0.5, 0.6) is 11.5 Å². The summed E-state index contributed by atoms with van der Waals surface area (Å²) in [6.45, 7) is 2.03. The van der Waals surface area contributed by atoms with Crippen molar-refractivity contribution < 1.29 is 14.3 Å². The number of ether oxygens (including phenoxy) is 2. The lowest BCUT2D eigenvalue weighted by Gasteiger charge is -2.18. The zero-order valence-corrected chi connectivity index (χ0v) is 14.1. The van der Waals surface area contributed by atoms with Crippen molar-refractivity contribution in [3.8, 4) is 11.5 Å². The van der Waals surface area contributed by atoms with Crippen LogP contribution in [0.25, 0.3) is 0 Å². The fourth-order valence-corrected chi connectivity index (χ4v) is 4.99. The molecule has 0 spiro atoms. The summed E-state index contributed by atoms with van der Waals surface area (Å²) in [5.41, 5.74) is 1.26. The quantitative estimate of drug-likeness (QED) is 0.846. The van der Waals surface area contributed by atoms with Gasteiger partial charge in [0.1, 0.15) is 0 Å². The predicted molar refractivity (Wildman–Crippen MR) is 91.2 cm³/mol. The Morgan fingerprint density at radius 1 is 1.17 bits per heavy atom. The van der Waals surface area contributed by atoms with Crippen molar-refractivity contribution in [1.82, 2.24) is 4.90 Å². The van der Waals surface area contributed by atoms with Gasteiger partial charge in [-0.1, -0.05) is 18.9 Å². The van der Waals surface area contributed by atoms with Crippen molar-refractivity contribution in [2.75, 3.05) is 25.6 Å². The highest BCUT2D eigenvalue weighted by Gasteiger charge is 2.29. The Balaban J connectivity index is 1.32. The van der Waals surface area contributed by atoms with E-state index in [1.807, 2.05) is 22.7 Å². The molecule has 3 aliphatic rings. The Morgan fingerprint density at radius 3 is 2.87 bits per heavy atom. The molecule has 23 heavy (non-hydrogen) atoms. The van der Waals surface area contributed by atoms with Crippen LogP contribution in [0.4, 0.5) is 0 Å². The van der Waals surface area contributed by atoms with Gasteiger partial charge in [0.05, 0.1) is 5.75 Å². The van der Waals surface area contributed by atoms with Gasteiger partial charge in [-0.3, -0.25) is 4.79 Å². The first-order valence-electron chi connectivity index (χ1n) is 8.58. The number of likely N-dealkylation sites (tertiary alicyclic amines) is 1. The summed E-state index contributed by atoms with van der Waals surface area (Å²) in [4.78, 5) is 14.5. The highest BCUT2D eigenvalue weighted by Crippen LogP contribution is 2.37. The van der Waals surface area contributed by atoms with Crippen LogP contribution in [0.3, 0.4) is 0 Å². The second kappa shape index (κ2) is 6.63. The minimum atomic E-state index is 0.310. The molecule has 1 saturated heterocycles. The molecule has 1 aromatic rings. The summed E-state index contributed by atoms with van der Waals surface area (Å²) in [6.07, 6.45) is 6.29. The molecule has 0 N–H and O–H groups in total. The molecule has 1 aliphatic carbocycles. The molecule has 4 nitrogen and oxygen atoms in total. The molecule has 0 bridgehead atoms. The maximum absolute atomic E-state index is 12.4. The van der Waals surface area contributed by atoms with Gasteiger partial charge in [-0.05, 0) is 37.0 Å². The summed E-state index contributed by atoms with van der Waals surface area (Å²) < 4.78 is 10.8. The maximum atomic E-state index is 12.4. The van der Waals surface area contributed by atoms with Gasteiger partial charge in [0.15, 0.2) is 11.5 Å². The molecule has 1 unspecified atom stereocenters. The smallest absolute Gasteiger partial charge is 0.232 e. The van der Waals surface area contributed by atoms with Gasteiger partial charge in [0.25, 0.3) is 0 Å². The van der Waals surface area contributed by atoms with Crippen LogP contribution in [0, 0.1) is 0 Å². The van der Waals surface area contributed by atoms with Crippen LogP contribution in [-0.4, -0.2) is 41.7 Å². The van der Waals surface area contributed by atoms with Gasteiger partial charge in [0.2, 0.25) is 12.7 Å². The zero-order valence-electron chi connectivity index (χ0n) is 13.3. The van der Waals surface area contributed by atoms with Crippen LogP contribution in [0.1, 0.15) is 43.6 Å². The van der Waals surface area contributed by atoms with Crippen molar-refractivity contribution in [3.63, 3.8) is 0 Å². The molecule has 2 aliphatic heterocycles. The second-order valence-corrected chi connectivity index (χ2v) is 7.94. The molecular formula is C18H23NO3S. The molecule has 4 rings (SSSR count).